The third-order valence-electron chi connectivity index (χ3n) is 2.05. The average molecular weight is 348 g/mol. The highest BCUT2D eigenvalue weighted by Gasteiger charge is 2.10. The molecule has 1 amide bonds. The summed E-state index contributed by atoms with van der Waals surface area (Å²) in [5.41, 5.74) is 0. The standard InChI is InChI=1S/C11H22ClNO7S/c1-2-3-4-17-5-6-18-7-8-19-9-10-20-11(14)13-21(12,15)16/h2-10H2,1H3,(H,13,14). The maximum absolute atomic E-state index is 10.8. The lowest BCUT2D eigenvalue weighted by Crippen LogP contribution is -2.28. The second-order valence-corrected chi connectivity index (χ2v) is 6.17. The molecule has 0 aromatic rings. The highest BCUT2D eigenvalue weighted by molar-refractivity contribution is 8.12. The van der Waals surface area contributed by atoms with Crippen LogP contribution >= 0.6 is 10.7 Å². The Labute approximate surface area is 129 Å². The molecule has 1 N–H and O–H groups in total. The molecular formula is C11H22ClNO7S. The molecule has 8 nitrogen and oxygen atoms in total. The summed E-state index contributed by atoms with van der Waals surface area (Å²) >= 11 is 0. The van der Waals surface area contributed by atoms with Gasteiger partial charge in [0.25, 0.3) is 0 Å². The van der Waals surface area contributed by atoms with Crippen LogP contribution in [0.3, 0.4) is 0 Å². The second kappa shape index (κ2) is 13.1. The minimum atomic E-state index is -4.11. The first-order chi connectivity index (χ1) is 9.95. The first-order valence-electron chi connectivity index (χ1n) is 6.58. The van der Waals surface area contributed by atoms with Gasteiger partial charge in [-0.05, 0) is 6.42 Å². The molecule has 0 fully saturated rings. The predicted octanol–water partition coefficient (Wildman–Crippen LogP) is 1.05. The number of carbonyl (C=O) groups is 1. The van der Waals surface area contributed by atoms with E-state index in [1.54, 1.807) is 0 Å². The Hall–Kier alpha value is -0.610. The third kappa shape index (κ3) is 17.3. The van der Waals surface area contributed by atoms with Crippen LogP contribution in [0, 0.1) is 0 Å². The van der Waals surface area contributed by atoms with Gasteiger partial charge in [-0.3, -0.25) is 0 Å². The molecule has 10 heteroatoms. The summed E-state index contributed by atoms with van der Waals surface area (Å²) in [7, 11) is 0.667. The minimum absolute atomic E-state index is 0.0849. The average Bonchev–Trinajstić information content (AvgIpc) is 2.38. The number of hydrogen-bond acceptors (Lipinski definition) is 7. The van der Waals surface area contributed by atoms with Gasteiger partial charge in [0.1, 0.15) is 6.61 Å². The van der Waals surface area contributed by atoms with Crippen LogP contribution in [0.1, 0.15) is 19.8 Å². The van der Waals surface area contributed by atoms with Crippen molar-refractivity contribution in [3.8, 4) is 0 Å². The molecule has 0 heterocycles. The van der Waals surface area contributed by atoms with E-state index in [0.29, 0.717) is 26.4 Å². The van der Waals surface area contributed by atoms with E-state index in [1.807, 2.05) is 0 Å². The van der Waals surface area contributed by atoms with E-state index in [2.05, 4.69) is 11.7 Å². The van der Waals surface area contributed by atoms with E-state index in [1.165, 1.54) is 4.72 Å². The van der Waals surface area contributed by atoms with E-state index < -0.39 is 15.3 Å². The quantitative estimate of drug-likeness (QED) is 0.392. The zero-order valence-electron chi connectivity index (χ0n) is 12.0. The molecule has 0 aliphatic rings. The smallest absolute Gasteiger partial charge is 0.421 e. The number of halogens is 1. The third-order valence-corrected chi connectivity index (χ3v) is 2.69. The number of carbonyl (C=O) groups excluding carboxylic acids is 1. The Morgan fingerprint density at radius 1 is 0.952 bits per heavy atom. The monoisotopic (exact) mass is 347 g/mol. The maximum Gasteiger partial charge on any atom is 0.421 e. The van der Waals surface area contributed by atoms with Crippen LogP contribution in [-0.4, -0.2) is 60.8 Å². The molecular weight excluding hydrogens is 326 g/mol. The second-order valence-electron chi connectivity index (χ2n) is 3.87. The molecule has 0 aromatic carbocycles. The molecule has 0 unspecified atom stereocenters. The number of hydrogen-bond donors (Lipinski definition) is 1. The Morgan fingerprint density at radius 2 is 1.43 bits per heavy atom. The SMILES string of the molecule is CCCCOCCOCCOCCOC(=O)NS(=O)(=O)Cl. The van der Waals surface area contributed by atoms with Crippen molar-refractivity contribution in [1.82, 2.24) is 4.72 Å². The van der Waals surface area contributed by atoms with Gasteiger partial charge in [0.15, 0.2) is 0 Å². The van der Waals surface area contributed by atoms with Gasteiger partial charge in [-0.15, -0.1) is 0 Å². The van der Waals surface area contributed by atoms with Crippen LogP contribution in [0.4, 0.5) is 4.79 Å². The zero-order chi connectivity index (χ0) is 16.0. The first kappa shape index (κ1) is 20.4. The molecule has 0 atom stereocenters. The van der Waals surface area contributed by atoms with Crippen molar-refractivity contribution in [1.29, 1.82) is 0 Å². The van der Waals surface area contributed by atoms with Crippen LogP contribution in [-0.2, 0) is 28.2 Å². The fraction of sp³-hybridized carbons (Fsp3) is 0.909. The number of ether oxygens (including phenoxy) is 4. The summed E-state index contributed by atoms with van der Waals surface area (Å²) in [6.07, 6.45) is 1.00. The fourth-order valence-corrected chi connectivity index (χ4v) is 1.56. The van der Waals surface area contributed by atoms with Crippen LogP contribution < -0.4 is 4.72 Å². The van der Waals surface area contributed by atoms with Crippen LogP contribution in [0.15, 0.2) is 0 Å². The van der Waals surface area contributed by atoms with Gasteiger partial charge in [0.05, 0.1) is 33.0 Å². The van der Waals surface area contributed by atoms with Crippen LogP contribution in [0.5, 0.6) is 0 Å². The molecule has 0 spiro atoms. The minimum Gasteiger partial charge on any atom is -0.446 e. The molecule has 0 aromatic heterocycles. The maximum atomic E-state index is 10.8. The lowest BCUT2D eigenvalue weighted by Gasteiger charge is -2.07. The number of amides is 1. The molecule has 21 heavy (non-hydrogen) atoms. The zero-order valence-corrected chi connectivity index (χ0v) is 13.6. The molecule has 0 saturated carbocycles. The van der Waals surface area contributed by atoms with Gasteiger partial charge in [-0.1, -0.05) is 13.3 Å². The van der Waals surface area contributed by atoms with Gasteiger partial charge < -0.3 is 18.9 Å². The molecule has 0 aliphatic heterocycles. The van der Waals surface area contributed by atoms with Gasteiger partial charge in [0, 0.05) is 17.3 Å². The van der Waals surface area contributed by atoms with Crippen molar-refractivity contribution in [2.24, 2.45) is 0 Å². The summed E-state index contributed by atoms with van der Waals surface area (Å²) in [5, 5.41) is 0. The highest BCUT2D eigenvalue weighted by Crippen LogP contribution is 1.91. The molecule has 0 bridgehead atoms. The molecule has 0 aliphatic carbocycles. The lowest BCUT2D eigenvalue weighted by atomic mass is 10.4. The molecule has 0 saturated heterocycles. The van der Waals surface area contributed by atoms with Crippen molar-refractivity contribution in [2.75, 3.05) is 46.2 Å². The van der Waals surface area contributed by atoms with Crippen molar-refractivity contribution in [3.05, 3.63) is 0 Å². The summed E-state index contributed by atoms with van der Waals surface area (Å²) in [4.78, 5) is 10.8. The van der Waals surface area contributed by atoms with Crippen molar-refractivity contribution >= 4 is 26.0 Å². The summed E-state index contributed by atoms with van der Waals surface area (Å²) in [5.74, 6) is 0. The Kier molecular flexibility index (Phi) is 12.7. The Balaban J connectivity index is 3.21. The van der Waals surface area contributed by atoms with Gasteiger partial charge in [-0.25, -0.2) is 9.52 Å². The number of rotatable bonds is 13. The number of unbranched alkanes of at least 4 members (excludes halogenated alkanes) is 1. The summed E-state index contributed by atoms with van der Waals surface area (Å²) in [6.45, 7) is 4.68. The fourth-order valence-electron chi connectivity index (χ4n) is 1.11. The van der Waals surface area contributed by atoms with Gasteiger partial charge in [0.2, 0.25) is 0 Å². The lowest BCUT2D eigenvalue weighted by molar-refractivity contribution is 0.00568. The molecule has 0 radical (unpaired) electrons. The van der Waals surface area contributed by atoms with Crippen LogP contribution in [0.25, 0.3) is 0 Å². The normalized spacial score (nSPS) is 11.3. The summed E-state index contributed by atoms with van der Waals surface area (Å²) < 4.78 is 42.5. The van der Waals surface area contributed by atoms with E-state index >= 15 is 0 Å². The Bertz CT molecular complexity index is 364. The first-order valence-corrected chi connectivity index (χ1v) is 8.89. The largest absolute Gasteiger partial charge is 0.446 e. The van der Waals surface area contributed by atoms with E-state index in [-0.39, 0.29) is 13.2 Å². The van der Waals surface area contributed by atoms with E-state index in [9.17, 15) is 13.2 Å². The topological polar surface area (TPSA) is 100 Å². The van der Waals surface area contributed by atoms with Gasteiger partial charge in [-0.2, -0.15) is 8.42 Å². The molecule has 0 rings (SSSR count). The summed E-state index contributed by atoms with van der Waals surface area (Å²) in [6, 6.07) is 0. The predicted molar refractivity (Wildman–Crippen MR) is 76.6 cm³/mol. The van der Waals surface area contributed by atoms with Crippen molar-refractivity contribution < 1.29 is 32.2 Å². The Morgan fingerprint density at radius 3 is 1.90 bits per heavy atom. The highest BCUT2D eigenvalue weighted by atomic mass is 35.7. The molecule has 126 valence electrons. The van der Waals surface area contributed by atoms with E-state index in [4.69, 9.17) is 24.9 Å². The van der Waals surface area contributed by atoms with E-state index in [0.717, 1.165) is 19.4 Å². The van der Waals surface area contributed by atoms with Crippen molar-refractivity contribution in [2.45, 2.75) is 19.8 Å². The number of nitrogens with one attached hydrogen (secondary N) is 1. The van der Waals surface area contributed by atoms with Gasteiger partial charge >= 0.3 is 15.3 Å². The van der Waals surface area contributed by atoms with Crippen LogP contribution in [0.2, 0.25) is 0 Å². The van der Waals surface area contributed by atoms with Crippen molar-refractivity contribution in [3.63, 3.8) is 0 Å².